The first-order chi connectivity index (χ1) is 9.19. The average molecular weight is 258 g/mol. The zero-order valence-corrected chi connectivity index (χ0v) is 9.87. The number of fused-ring (bicyclic) bond motifs is 1. The van der Waals surface area contributed by atoms with Gasteiger partial charge in [0, 0.05) is 18.2 Å². The van der Waals surface area contributed by atoms with E-state index in [-0.39, 0.29) is 17.6 Å². The largest absolute Gasteiger partial charge is 0.296 e. The van der Waals surface area contributed by atoms with Crippen LogP contribution < -0.4 is 5.32 Å². The Kier molecular flexibility index (Phi) is 2.59. The third-order valence-corrected chi connectivity index (χ3v) is 3.13. The van der Waals surface area contributed by atoms with Crippen LogP contribution in [0.1, 0.15) is 34.9 Å². The Morgan fingerprint density at radius 1 is 1.42 bits per heavy atom. The number of carbonyl (C=O) groups excluding carboxylic acids is 3. The Morgan fingerprint density at radius 2 is 2.26 bits per heavy atom. The van der Waals surface area contributed by atoms with Gasteiger partial charge >= 0.3 is 0 Å². The molecule has 7 heteroatoms. The lowest BCUT2D eigenvalue weighted by atomic mass is 9.91. The van der Waals surface area contributed by atoms with Gasteiger partial charge in [0.15, 0.2) is 11.9 Å². The number of pyridine rings is 1. The number of piperidine rings is 1. The molecule has 19 heavy (non-hydrogen) atoms. The first kappa shape index (κ1) is 11.5. The van der Waals surface area contributed by atoms with Crippen molar-refractivity contribution >= 4 is 23.7 Å². The molecular formula is C12H10N4O3. The number of hydrogen-bond acceptors (Lipinski definition) is 5. The molecule has 0 aromatic carbocycles. The molecule has 1 aliphatic rings. The molecule has 3 heterocycles. The van der Waals surface area contributed by atoms with Gasteiger partial charge < -0.3 is 0 Å². The van der Waals surface area contributed by atoms with Crippen LogP contribution in [-0.2, 0) is 9.59 Å². The van der Waals surface area contributed by atoms with Crippen LogP contribution in [0.5, 0.6) is 0 Å². The smallest absolute Gasteiger partial charge is 0.234 e. The summed E-state index contributed by atoms with van der Waals surface area (Å²) in [5.74, 6) is -0.965. The number of aromatic nitrogens is 3. The minimum atomic E-state index is -0.440. The molecule has 7 nitrogen and oxygen atoms in total. The zero-order chi connectivity index (χ0) is 13.4. The van der Waals surface area contributed by atoms with Crippen LogP contribution in [0.3, 0.4) is 0 Å². The minimum Gasteiger partial charge on any atom is -0.296 e. The van der Waals surface area contributed by atoms with E-state index in [1.807, 2.05) is 0 Å². The van der Waals surface area contributed by atoms with Crippen LogP contribution in [0.4, 0.5) is 0 Å². The highest BCUT2D eigenvalue weighted by Crippen LogP contribution is 2.27. The number of amides is 2. The van der Waals surface area contributed by atoms with Gasteiger partial charge in [0.1, 0.15) is 0 Å². The summed E-state index contributed by atoms with van der Waals surface area (Å²) in [7, 11) is 0. The Labute approximate surface area is 107 Å². The van der Waals surface area contributed by atoms with Gasteiger partial charge in [0.25, 0.3) is 0 Å². The molecule has 1 atom stereocenters. The summed E-state index contributed by atoms with van der Waals surface area (Å²) in [5, 5.41) is 6.27. The van der Waals surface area contributed by atoms with E-state index in [0.717, 1.165) is 0 Å². The van der Waals surface area contributed by atoms with Gasteiger partial charge in [-0.05, 0) is 12.5 Å². The van der Waals surface area contributed by atoms with Crippen LogP contribution >= 0.6 is 0 Å². The van der Waals surface area contributed by atoms with Crippen molar-refractivity contribution in [3.63, 3.8) is 0 Å². The molecule has 1 saturated heterocycles. The molecule has 0 saturated carbocycles. The second-order valence-corrected chi connectivity index (χ2v) is 4.32. The molecule has 0 radical (unpaired) electrons. The third-order valence-electron chi connectivity index (χ3n) is 3.13. The summed E-state index contributed by atoms with van der Waals surface area (Å²) < 4.78 is 1.46. The highest BCUT2D eigenvalue weighted by Gasteiger charge is 2.30. The Hall–Kier alpha value is -2.57. The van der Waals surface area contributed by atoms with Gasteiger partial charge in [0.05, 0.1) is 5.92 Å². The van der Waals surface area contributed by atoms with E-state index in [1.165, 1.54) is 4.52 Å². The highest BCUT2D eigenvalue weighted by atomic mass is 16.2. The van der Waals surface area contributed by atoms with Crippen LogP contribution in [-0.4, -0.2) is 32.7 Å². The van der Waals surface area contributed by atoms with Gasteiger partial charge in [-0.1, -0.05) is 6.07 Å². The van der Waals surface area contributed by atoms with Crippen LogP contribution in [0.2, 0.25) is 0 Å². The first-order valence-corrected chi connectivity index (χ1v) is 5.83. The van der Waals surface area contributed by atoms with Crippen molar-refractivity contribution in [2.75, 3.05) is 0 Å². The predicted octanol–water partition coefficient (Wildman–Crippen LogP) is 0.0620. The summed E-state index contributed by atoms with van der Waals surface area (Å²) in [6.07, 6.45) is 2.95. The van der Waals surface area contributed by atoms with Gasteiger partial charge in [-0.15, -0.1) is 5.10 Å². The molecule has 1 aliphatic heterocycles. The topological polar surface area (TPSA) is 93.4 Å². The molecule has 2 aromatic rings. The summed E-state index contributed by atoms with van der Waals surface area (Å²) >= 11 is 0. The molecule has 2 amide bonds. The normalized spacial score (nSPS) is 19.5. The maximum Gasteiger partial charge on any atom is 0.234 e. The Balaban J connectivity index is 2.09. The van der Waals surface area contributed by atoms with Crippen molar-refractivity contribution in [3.8, 4) is 0 Å². The zero-order valence-electron chi connectivity index (χ0n) is 9.87. The summed E-state index contributed by atoms with van der Waals surface area (Å²) in [6, 6.07) is 3.49. The molecular weight excluding hydrogens is 248 g/mol. The molecule has 0 bridgehead atoms. The monoisotopic (exact) mass is 258 g/mol. The lowest BCUT2D eigenvalue weighted by Crippen LogP contribution is -2.39. The van der Waals surface area contributed by atoms with E-state index < -0.39 is 5.92 Å². The second kappa shape index (κ2) is 4.27. The number of nitrogens with one attached hydrogen (secondary N) is 1. The minimum absolute atomic E-state index is 0.0692. The number of carbonyl (C=O) groups is 3. The summed E-state index contributed by atoms with van der Waals surface area (Å²) in [5.41, 5.74) is 1.15. The highest BCUT2D eigenvalue weighted by molar-refractivity contribution is 6.01. The third kappa shape index (κ3) is 1.88. The van der Waals surface area contributed by atoms with E-state index in [2.05, 4.69) is 15.4 Å². The predicted molar refractivity (Wildman–Crippen MR) is 63.5 cm³/mol. The fraction of sp³-hybridized carbons (Fsp3) is 0.250. The van der Waals surface area contributed by atoms with Crippen LogP contribution in [0.15, 0.2) is 18.3 Å². The van der Waals surface area contributed by atoms with Crippen molar-refractivity contribution in [1.29, 1.82) is 0 Å². The van der Waals surface area contributed by atoms with Crippen molar-refractivity contribution in [2.45, 2.75) is 18.8 Å². The summed E-state index contributed by atoms with van der Waals surface area (Å²) in [6.45, 7) is 0. The van der Waals surface area contributed by atoms with Crippen molar-refractivity contribution in [2.24, 2.45) is 0 Å². The second-order valence-electron chi connectivity index (χ2n) is 4.32. The molecule has 1 fully saturated rings. The van der Waals surface area contributed by atoms with E-state index in [0.29, 0.717) is 30.3 Å². The standard InChI is InChI=1S/C12H10N4O3/c17-6-9-13-11-7(2-1-5-16(11)15-9)8-3-4-10(18)14-12(8)19/h1-2,5-6,8H,3-4H2,(H,14,18,19). The fourth-order valence-electron chi connectivity index (χ4n) is 2.26. The van der Waals surface area contributed by atoms with Crippen molar-refractivity contribution in [1.82, 2.24) is 19.9 Å². The van der Waals surface area contributed by atoms with E-state index in [9.17, 15) is 14.4 Å². The number of nitrogens with zero attached hydrogens (tertiary/aromatic N) is 3. The van der Waals surface area contributed by atoms with Crippen LogP contribution in [0, 0.1) is 0 Å². The molecule has 3 rings (SSSR count). The van der Waals surface area contributed by atoms with Crippen molar-refractivity contribution in [3.05, 3.63) is 29.7 Å². The quantitative estimate of drug-likeness (QED) is 0.607. The summed E-state index contributed by atoms with van der Waals surface area (Å²) in [4.78, 5) is 37.8. The van der Waals surface area contributed by atoms with Crippen molar-refractivity contribution < 1.29 is 14.4 Å². The van der Waals surface area contributed by atoms with Gasteiger partial charge in [-0.25, -0.2) is 9.50 Å². The van der Waals surface area contributed by atoms with Crippen LogP contribution in [0.25, 0.3) is 5.65 Å². The molecule has 96 valence electrons. The number of hydrogen-bond donors (Lipinski definition) is 1. The van der Waals surface area contributed by atoms with Gasteiger partial charge in [0.2, 0.25) is 17.6 Å². The lowest BCUT2D eigenvalue weighted by Gasteiger charge is -2.20. The molecule has 1 unspecified atom stereocenters. The molecule has 0 aliphatic carbocycles. The number of aldehydes is 1. The van der Waals surface area contributed by atoms with E-state index in [1.54, 1.807) is 18.3 Å². The number of rotatable bonds is 2. The maximum absolute atomic E-state index is 11.9. The number of imide groups is 1. The van der Waals surface area contributed by atoms with E-state index >= 15 is 0 Å². The Bertz CT molecular complexity index is 691. The first-order valence-electron chi connectivity index (χ1n) is 5.83. The molecule has 1 N–H and O–H groups in total. The average Bonchev–Trinajstić information content (AvgIpc) is 2.82. The lowest BCUT2D eigenvalue weighted by molar-refractivity contribution is -0.134. The van der Waals surface area contributed by atoms with Gasteiger partial charge in [-0.2, -0.15) is 0 Å². The Morgan fingerprint density at radius 3 is 3.00 bits per heavy atom. The molecule has 2 aromatic heterocycles. The van der Waals surface area contributed by atoms with Gasteiger partial charge in [-0.3, -0.25) is 19.7 Å². The SMILES string of the molecule is O=Cc1nc2c(C3CCC(=O)NC3=O)cccn2n1. The van der Waals surface area contributed by atoms with E-state index in [4.69, 9.17) is 0 Å². The fourth-order valence-corrected chi connectivity index (χ4v) is 2.26. The maximum atomic E-state index is 11.9. The molecule has 0 spiro atoms.